The number of likely N-dealkylation sites (tertiary alicyclic amines) is 1. The predicted molar refractivity (Wildman–Crippen MR) is 124 cm³/mol. The third-order valence-electron chi connectivity index (χ3n) is 6.59. The average Bonchev–Trinajstić information content (AvgIpc) is 3.03. The molecule has 2 heterocycles. The molecule has 2 N–H and O–H groups in total. The molecule has 0 aliphatic carbocycles. The molecular weight excluding hydrogens is 422 g/mol. The second-order valence-electron chi connectivity index (χ2n) is 8.80. The molecule has 2 aliphatic heterocycles. The van der Waals surface area contributed by atoms with Crippen LogP contribution in [0.3, 0.4) is 0 Å². The van der Waals surface area contributed by atoms with Crippen molar-refractivity contribution in [3.05, 3.63) is 64.2 Å². The quantitative estimate of drug-likeness (QED) is 0.555. The fourth-order valence-electron chi connectivity index (χ4n) is 4.56. The number of guanidine groups is 1. The van der Waals surface area contributed by atoms with Gasteiger partial charge in [0.05, 0.1) is 4.92 Å². The molecule has 33 heavy (non-hydrogen) atoms. The smallest absolute Gasteiger partial charge is 0.270 e. The second kappa shape index (κ2) is 8.65. The number of nitrogens with two attached hydrogens (primary N) is 1. The minimum absolute atomic E-state index is 0.00492. The summed E-state index contributed by atoms with van der Waals surface area (Å²) < 4.78 is 0. The topological polar surface area (TPSA) is 122 Å². The largest absolute Gasteiger partial charge is 0.369 e. The number of non-ortho nitro benzene ring substituents is 1. The molecule has 2 amide bonds. The molecule has 0 spiro atoms. The van der Waals surface area contributed by atoms with Crippen molar-refractivity contribution in [3.8, 4) is 11.1 Å². The van der Waals surface area contributed by atoms with Crippen molar-refractivity contribution in [2.24, 2.45) is 16.6 Å². The van der Waals surface area contributed by atoms with Gasteiger partial charge < -0.3 is 10.6 Å². The summed E-state index contributed by atoms with van der Waals surface area (Å²) in [6.45, 7) is 5.15. The van der Waals surface area contributed by atoms with E-state index in [1.165, 1.54) is 12.1 Å². The SMILES string of the molecule is CC(=O)N1CCC(CN2C(=O)C(C)(c3cccc(-c4cccc([N+](=O)[O-])c4)c3)N=C2N)CC1. The highest BCUT2D eigenvalue weighted by Gasteiger charge is 2.46. The zero-order valence-corrected chi connectivity index (χ0v) is 18.7. The minimum atomic E-state index is -1.17. The molecule has 172 valence electrons. The van der Waals surface area contributed by atoms with Gasteiger partial charge in [-0.1, -0.05) is 30.3 Å². The molecule has 2 aromatic carbocycles. The summed E-state index contributed by atoms with van der Waals surface area (Å²) in [5.74, 6) is 0.322. The van der Waals surface area contributed by atoms with Crippen LogP contribution >= 0.6 is 0 Å². The highest BCUT2D eigenvalue weighted by molar-refractivity contribution is 6.07. The molecule has 0 bridgehead atoms. The molecule has 0 aromatic heterocycles. The zero-order chi connectivity index (χ0) is 23.8. The van der Waals surface area contributed by atoms with E-state index >= 15 is 0 Å². The number of amides is 2. The van der Waals surface area contributed by atoms with Gasteiger partial charge in [0, 0.05) is 38.7 Å². The molecule has 0 radical (unpaired) electrons. The Morgan fingerprint density at radius 1 is 1.18 bits per heavy atom. The van der Waals surface area contributed by atoms with Crippen LogP contribution in [-0.2, 0) is 15.1 Å². The molecule has 2 aliphatic rings. The summed E-state index contributed by atoms with van der Waals surface area (Å²) in [6.07, 6.45) is 1.63. The van der Waals surface area contributed by atoms with Crippen LogP contribution in [0.15, 0.2) is 53.5 Å². The third kappa shape index (κ3) is 4.30. The first kappa shape index (κ1) is 22.4. The van der Waals surface area contributed by atoms with Crippen LogP contribution in [0.1, 0.15) is 32.3 Å². The molecule has 9 nitrogen and oxygen atoms in total. The van der Waals surface area contributed by atoms with E-state index in [9.17, 15) is 19.7 Å². The van der Waals surface area contributed by atoms with Gasteiger partial charge in [0.1, 0.15) is 0 Å². The summed E-state index contributed by atoms with van der Waals surface area (Å²) >= 11 is 0. The molecule has 1 atom stereocenters. The number of rotatable bonds is 5. The first-order valence-corrected chi connectivity index (χ1v) is 11.0. The Hall–Kier alpha value is -3.75. The van der Waals surface area contributed by atoms with Gasteiger partial charge in [0.25, 0.3) is 11.6 Å². The number of carbonyl (C=O) groups excluding carboxylic acids is 2. The normalized spacial score (nSPS) is 21.3. The number of nitro benzene ring substituents is 1. The lowest BCUT2D eigenvalue weighted by atomic mass is 9.89. The highest BCUT2D eigenvalue weighted by Crippen LogP contribution is 2.36. The first-order chi connectivity index (χ1) is 15.7. The fraction of sp³-hybridized carbons (Fsp3) is 0.375. The van der Waals surface area contributed by atoms with Crippen molar-refractivity contribution in [1.82, 2.24) is 9.80 Å². The van der Waals surface area contributed by atoms with Crippen molar-refractivity contribution in [3.63, 3.8) is 0 Å². The van der Waals surface area contributed by atoms with Gasteiger partial charge in [0.2, 0.25) is 5.91 Å². The fourth-order valence-corrected chi connectivity index (χ4v) is 4.56. The zero-order valence-electron chi connectivity index (χ0n) is 18.7. The van der Waals surface area contributed by atoms with E-state index in [1.807, 2.05) is 29.2 Å². The number of nitro groups is 1. The van der Waals surface area contributed by atoms with Gasteiger partial charge >= 0.3 is 0 Å². The molecule has 9 heteroatoms. The summed E-state index contributed by atoms with van der Waals surface area (Å²) in [5, 5.41) is 11.1. The van der Waals surface area contributed by atoms with Gasteiger partial charge in [-0.3, -0.25) is 24.6 Å². The molecular formula is C24H27N5O4. The molecule has 4 rings (SSSR count). The van der Waals surface area contributed by atoms with E-state index in [4.69, 9.17) is 5.73 Å². The summed E-state index contributed by atoms with van der Waals surface area (Å²) in [7, 11) is 0. The standard InChI is InChI=1S/C24H27N5O4/c1-16(30)27-11-9-17(10-12-27)15-28-22(31)24(2,26-23(28)25)20-7-3-5-18(13-20)19-6-4-8-21(14-19)29(32)33/h3-8,13-14,17H,9-12,15H2,1-2H3,(H2,25,26). The summed E-state index contributed by atoms with van der Waals surface area (Å²) in [5.41, 5.74) is 7.15. The van der Waals surface area contributed by atoms with Crippen LogP contribution in [-0.4, -0.2) is 52.1 Å². The van der Waals surface area contributed by atoms with E-state index in [-0.39, 0.29) is 29.4 Å². The molecule has 0 saturated carbocycles. The minimum Gasteiger partial charge on any atom is -0.369 e. The number of aliphatic imine (C=N–C) groups is 1. The Morgan fingerprint density at radius 2 is 1.82 bits per heavy atom. The van der Waals surface area contributed by atoms with Crippen LogP contribution in [0, 0.1) is 16.0 Å². The predicted octanol–water partition coefficient (Wildman–Crippen LogP) is 2.89. The Labute approximate surface area is 192 Å². The van der Waals surface area contributed by atoms with Crippen LogP contribution < -0.4 is 5.73 Å². The van der Waals surface area contributed by atoms with E-state index in [1.54, 1.807) is 30.9 Å². The van der Waals surface area contributed by atoms with E-state index in [2.05, 4.69) is 4.99 Å². The van der Waals surface area contributed by atoms with Gasteiger partial charge in [-0.15, -0.1) is 0 Å². The first-order valence-electron chi connectivity index (χ1n) is 11.0. The maximum absolute atomic E-state index is 13.5. The third-order valence-corrected chi connectivity index (χ3v) is 6.59. The maximum atomic E-state index is 13.5. The average molecular weight is 450 g/mol. The summed E-state index contributed by atoms with van der Waals surface area (Å²) in [6, 6.07) is 13.7. The van der Waals surface area contributed by atoms with Crippen molar-refractivity contribution in [1.29, 1.82) is 0 Å². The number of hydrogen-bond acceptors (Lipinski definition) is 6. The summed E-state index contributed by atoms with van der Waals surface area (Å²) in [4.78, 5) is 43.6. The van der Waals surface area contributed by atoms with Crippen LogP contribution in [0.5, 0.6) is 0 Å². The Balaban J connectivity index is 1.54. The van der Waals surface area contributed by atoms with Crippen molar-refractivity contribution >= 4 is 23.5 Å². The number of nitrogens with zero attached hydrogens (tertiary/aromatic N) is 4. The van der Waals surface area contributed by atoms with E-state index in [0.29, 0.717) is 30.8 Å². The van der Waals surface area contributed by atoms with Crippen molar-refractivity contribution < 1.29 is 14.5 Å². The highest BCUT2D eigenvalue weighted by atomic mass is 16.6. The van der Waals surface area contributed by atoms with Crippen LogP contribution in [0.25, 0.3) is 11.1 Å². The number of piperidine rings is 1. The van der Waals surface area contributed by atoms with E-state index < -0.39 is 10.5 Å². The molecule has 1 unspecified atom stereocenters. The van der Waals surface area contributed by atoms with Gasteiger partial charge in [-0.25, -0.2) is 4.99 Å². The number of hydrogen-bond donors (Lipinski definition) is 1. The lowest BCUT2D eigenvalue weighted by Crippen LogP contribution is -2.46. The van der Waals surface area contributed by atoms with Gasteiger partial charge in [0.15, 0.2) is 11.5 Å². The Bertz CT molecular complexity index is 1140. The maximum Gasteiger partial charge on any atom is 0.270 e. The lowest BCUT2D eigenvalue weighted by Gasteiger charge is -2.33. The van der Waals surface area contributed by atoms with E-state index in [0.717, 1.165) is 18.4 Å². The monoisotopic (exact) mass is 449 g/mol. The van der Waals surface area contributed by atoms with Gasteiger partial charge in [-0.2, -0.15) is 0 Å². The Kier molecular flexibility index (Phi) is 5.88. The van der Waals surface area contributed by atoms with Crippen LogP contribution in [0.4, 0.5) is 5.69 Å². The second-order valence-corrected chi connectivity index (χ2v) is 8.80. The van der Waals surface area contributed by atoms with Crippen molar-refractivity contribution in [2.75, 3.05) is 19.6 Å². The van der Waals surface area contributed by atoms with Gasteiger partial charge in [-0.05, 0) is 48.4 Å². The lowest BCUT2D eigenvalue weighted by molar-refractivity contribution is -0.384. The number of carbonyl (C=O) groups is 2. The molecule has 1 fully saturated rings. The Morgan fingerprint density at radius 3 is 2.45 bits per heavy atom. The molecule has 2 aromatic rings. The number of benzene rings is 2. The molecule has 1 saturated heterocycles. The van der Waals surface area contributed by atoms with Crippen LogP contribution in [0.2, 0.25) is 0 Å². The van der Waals surface area contributed by atoms with Crippen molar-refractivity contribution in [2.45, 2.75) is 32.2 Å².